The predicted molar refractivity (Wildman–Crippen MR) is 64.1 cm³/mol. The summed E-state index contributed by atoms with van der Waals surface area (Å²) < 4.78 is 1.25. The van der Waals surface area contributed by atoms with E-state index in [1.807, 2.05) is 12.3 Å². The van der Waals surface area contributed by atoms with Crippen molar-refractivity contribution in [3.8, 4) is 0 Å². The van der Waals surface area contributed by atoms with Crippen LogP contribution in [0, 0.1) is 3.57 Å². The van der Waals surface area contributed by atoms with Gasteiger partial charge < -0.3 is 0 Å². The number of rotatable bonds is 2. The zero-order valence-corrected chi connectivity index (χ0v) is 9.88. The lowest BCUT2D eigenvalue weighted by Crippen LogP contribution is -1.89. The summed E-state index contributed by atoms with van der Waals surface area (Å²) in [6, 6.07) is 8.36. The third-order valence-corrected chi connectivity index (χ3v) is 3.26. The summed E-state index contributed by atoms with van der Waals surface area (Å²) in [7, 11) is 0. The van der Waals surface area contributed by atoms with Crippen molar-refractivity contribution in [3.05, 3.63) is 50.0 Å². The lowest BCUT2D eigenvalue weighted by molar-refractivity contribution is 1.09. The monoisotopic (exact) mass is 301 g/mol. The van der Waals surface area contributed by atoms with Crippen molar-refractivity contribution < 1.29 is 0 Å². The Morgan fingerprint density at radius 3 is 3.00 bits per heavy atom. The van der Waals surface area contributed by atoms with E-state index in [2.05, 4.69) is 51.2 Å². The number of thiophene rings is 1. The van der Waals surface area contributed by atoms with E-state index in [0.717, 1.165) is 12.1 Å². The van der Waals surface area contributed by atoms with Crippen molar-refractivity contribution in [1.29, 1.82) is 0 Å². The van der Waals surface area contributed by atoms with E-state index >= 15 is 0 Å². The minimum atomic E-state index is 0.953. The molecule has 0 bridgehead atoms. The van der Waals surface area contributed by atoms with Crippen LogP contribution in [0.1, 0.15) is 10.6 Å². The summed E-state index contributed by atoms with van der Waals surface area (Å²) in [6.45, 7) is 0. The molecule has 1 nitrogen and oxygen atoms in total. The van der Waals surface area contributed by atoms with Crippen molar-refractivity contribution in [2.75, 3.05) is 0 Å². The van der Waals surface area contributed by atoms with Gasteiger partial charge in [0, 0.05) is 26.8 Å². The van der Waals surface area contributed by atoms with Gasteiger partial charge in [0.05, 0.1) is 0 Å². The molecule has 0 unspecified atom stereocenters. The van der Waals surface area contributed by atoms with Crippen LogP contribution in [0.15, 0.2) is 35.8 Å². The Kier molecular flexibility index (Phi) is 2.95. The van der Waals surface area contributed by atoms with Crippen LogP contribution in [0.25, 0.3) is 0 Å². The second kappa shape index (κ2) is 4.19. The summed E-state index contributed by atoms with van der Waals surface area (Å²) in [5.74, 6) is 0. The minimum absolute atomic E-state index is 0.953. The molecule has 0 radical (unpaired) electrons. The number of aromatic nitrogens is 1. The molecule has 2 aromatic rings. The van der Waals surface area contributed by atoms with Crippen molar-refractivity contribution in [2.45, 2.75) is 6.42 Å². The maximum atomic E-state index is 4.32. The molecule has 3 heteroatoms. The highest BCUT2D eigenvalue weighted by molar-refractivity contribution is 14.1. The Balaban J connectivity index is 2.19. The fourth-order valence-corrected chi connectivity index (χ4v) is 2.38. The van der Waals surface area contributed by atoms with E-state index in [0.29, 0.717) is 0 Å². The molecular formula is C10H8INS. The van der Waals surface area contributed by atoms with Gasteiger partial charge in [0.25, 0.3) is 0 Å². The van der Waals surface area contributed by atoms with Crippen LogP contribution < -0.4 is 0 Å². The Labute approximate surface area is 95.0 Å². The Bertz CT molecular complexity index is 384. The van der Waals surface area contributed by atoms with Crippen molar-refractivity contribution in [2.24, 2.45) is 0 Å². The van der Waals surface area contributed by atoms with Gasteiger partial charge in [-0.2, -0.15) is 0 Å². The van der Waals surface area contributed by atoms with Gasteiger partial charge in [0.2, 0.25) is 0 Å². The van der Waals surface area contributed by atoms with Crippen molar-refractivity contribution in [3.63, 3.8) is 0 Å². The molecule has 0 saturated carbocycles. The van der Waals surface area contributed by atoms with Gasteiger partial charge in [-0.1, -0.05) is 6.07 Å². The van der Waals surface area contributed by atoms with Crippen LogP contribution in [-0.4, -0.2) is 4.98 Å². The average molecular weight is 301 g/mol. The second-order valence-corrected chi connectivity index (χ2v) is 5.00. The molecule has 0 spiro atoms. The number of nitrogens with zero attached hydrogens (tertiary/aromatic N) is 1. The molecule has 13 heavy (non-hydrogen) atoms. The number of halogens is 1. The zero-order chi connectivity index (χ0) is 9.10. The largest absolute Gasteiger partial charge is 0.261 e. The smallest absolute Gasteiger partial charge is 0.0466 e. The molecule has 0 aliphatic carbocycles. The normalized spacial score (nSPS) is 10.2. The first kappa shape index (κ1) is 9.15. The van der Waals surface area contributed by atoms with E-state index in [4.69, 9.17) is 0 Å². The molecule has 0 aliphatic heterocycles. The Morgan fingerprint density at radius 1 is 1.38 bits per heavy atom. The predicted octanol–water partition coefficient (Wildman–Crippen LogP) is 3.34. The van der Waals surface area contributed by atoms with E-state index < -0.39 is 0 Å². The van der Waals surface area contributed by atoms with Crippen molar-refractivity contribution in [1.82, 2.24) is 4.98 Å². The third kappa shape index (κ3) is 2.51. The first-order valence-electron chi connectivity index (χ1n) is 3.97. The van der Waals surface area contributed by atoms with Crippen LogP contribution in [0.3, 0.4) is 0 Å². The SMILES string of the molecule is Ic1ccnc(Cc2cccs2)c1. The van der Waals surface area contributed by atoms with Gasteiger partial charge in [-0.05, 0) is 46.2 Å². The van der Waals surface area contributed by atoms with E-state index in [9.17, 15) is 0 Å². The van der Waals surface area contributed by atoms with E-state index in [1.165, 1.54) is 8.45 Å². The van der Waals surface area contributed by atoms with Crippen LogP contribution >= 0.6 is 33.9 Å². The molecule has 66 valence electrons. The van der Waals surface area contributed by atoms with Gasteiger partial charge in [0.15, 0.2) is 0 Å². The van der Waals surface area contributed by atoms with Crippen LogP contribution in [0.4, 0.5) is 0 Å². The summed E-state index contributed by atoms with van der Waals surface area (Å²) in [4.78, 5) is 5.69. The Morgan fingerprint density at radius 2 is 2.31 bits per heavy atom. The standard InChI is InChI=1S/C10H8INS/c11-8-3-4-12-9(6-8)7-10-2-1-5-13-10/h1-6H,7H2. The van der Waals surface area contributed by atoms with Crippen molar-refractivity contribution >= 4 is 33.9 Å². The molecule has 0 aliphatic rings. The summed E-state index contributed by atoms with van der Waals surface area (Å²) in [5.41, 5.74) is 1.15. The first-order valence-corrected chi connectivity index (χ1v) is 5.93. The molecule has 0 atom stereocenters. The number of hydrogen-bond donors (Lipinski definition) is 0. The van der Waals surface area contributed by atoms with Gasteiger partial charge in [-0.25, -0.2) is 0 Å². The maximum absolute atomic E-state index is 4.32. The summed E-state index contributed by atoms with van der Waals surface area (Å²) in [6.07, 6.45) is 2.82. The third-order valence-electron chi connectivity index (χ3n) is 1.71. The topological polar surface area (TPSA) is 12.9 Å². The zero-order valence-electron chi connectivity index (χ0n) is 6.90. The Hall–Kier alpha value is -0.420. The molecule has 2 aromatic heterocycles. The molecule has 0 amide bonds. The fourth-order valence-electron chi connectivity index (χ4n) is 1.14. The molecule has 2 heterocycles. The maximum Gasteiger partial charge on any atom is 0.0466 e. The van der Waals surface area contributed by atoms with Crippen LogP contribution in [0.5, 0.6) is 0 Å². The molecule has 0 saturated heterocycles. The van der Waals surface area contributed by atoms with Gasteiger partial charge in [-0.15, -0.1) is 11.3 Å². The number of hydrogen-bond acceptors (Lipinski definition) is 2. The molecule has 2 rings (SSSR count). The van der Waals surface area contributed by atoms with Crippen LogP contribution in [0.2, 0.25) is 0 Å². The average Bonchev–Trinajstić information content (AvgIpc) is 2.57. The fraction of sp³-hybridized carbons (Fsp3) is 0.100. The van der Waals surface area contributed by atoms with Crippen LogP contribution in [-0.2, 0) is 6.42 Å². The number of pyridine rings is 1. The lowest BCUT2D eigenvalue weighted by atomic mass is 10.2. The second-order valence-electron chi connectivity index (χ2n) is 2.72. The molecule has 0 aromatic carbocycles. The van der Waals surface area contributed by atoms with Gasteiger partial charge >= 0.3 is 0 Å². The van der Waals surface area contributed by atoms with Gasteiger partial charge in [-0.3, -0.25) is 4.98 Å². The van der Waals surface area contributed by atoms with E-state index in [1.54, 1.807) is 11.3 Å². The van der Waals surface area contributed by atoms with Gasteiger partial charge in [0.1, 0.15) is 0 Å². The molecular weight excluding hydrogens is 293 g/mol. The quantitative estimate of drug-likeness (QED) is 0.775. The highest BCUT2D eigenvalue weighted by Crippen LogP contribution is 2.14. The molecule has 0 fully saturated rings. The minimum Gasteiger partial charge on any atom is -0.261 e. The summed E-state index contributed by atoms with van der Waals surface area (Å²) in [5, 5.41) is 2.10. The van der Waals surface area contributed by atoms with E-state index in [-0.39, 0.29) is 0 Å². The highest BCUT2D eigenvalue weighted by Gasteiger charge is 1.98. The highest BCUT2D eigenvalue weighted by atomic mass is 127. The molecule has 0 N–H and O–H groups in total. The lowest BCUT2D eigenvalue weighted by Gasteiger charge is -1.97. The summed E-state index contributed by atoms with van der Waals surface area (Å²) >= 11 is 4.09. The first-order chi connectivity index (χ1) is 6.34.